The summed E-state index contributed by atoms with van der Waals surface area (Å²) in [7, 11) is 0. The molecule has 1 N–H and O–H groups in total. The van der Waals surface area contributed by atoms with Gasteiger partial charge >= 0.3 is 0 Å². The average Bonchev–Trinajstić information content (AvgIpc) is 3.76. The lowest BCUT2D eigenvalue weighted by atomic mass is 10.0. The molecule has 2 atom stereocenters. The molecule has 0 amide bonds. The van der Waals surface area contributed by atoms with Crippen LogP contribution in [0.5, 0.6) is 0 Å². The van der Waals surface area contributed by atoms with Gasteiger partial charge in [-0.1, -0.05) is 30.3 Å². The molecule has 35 heavy (non-hydrogen) atoms. The number of aliphatic hydroxyl groups is 1. The number of anilines is 2. The van der Waals surface area contributed by atoms with Crippen LogP contribution in [0, 0.1) is 11.8 Å². The molecule has 6 rings (SSSR count). The zero-order chi connectivity index (χ0) is 23.6. The molecule has 4 aliphatic rings. The first-order valence-corrected chi connectivity index (χ1v) is 13.2. The molecule has 1 aromatic heterocycles. The van der Waals surface area contributed by atoms with E-state index in [0.29, 0.717) is 19.1 Å². The quantitative estimate of drug-likeness (QED) is 0.675. The van der Waals surface area contributed by atoms with Crippen molar-refractivity contribution in [1.29, 1.82) is 0 Å². The summed E-state index contributed by atoms with van der Waals surface area (Å²) in [6.07, 6.45) is 3.44. The minimum absolute atomic E-state index is 0.0195. The molecule has 0 radical (unpaired) electrons. The highest BCUT2D eigenvalue weighted by Crippen LogP contribution is 2.39. The zero-order valence-electron chi connectivity index (χ0n) is 20.5. The molecule has 3 fully saturated rings. The van der Waals surface area contributed by atoms with Gasteiger partial charge in [-0.2, -0.15) is 4.98 Å². The molecule has 188 valence electrons. The van der Waals surface area contributed by atoms with Crippen molar-refractivity contribution in [3.63, 3.8) is 0 Å². The Morgan fingerprint density at radius 2 is 1.80 bits per heavy atom. The van der Waals surface area contributed by atoms with E-state index in [-0.39, 0.29) is 12.7 Å². The second-order valence-corrected chi connectivity index (χ2v) is 10.5. The number of fused-ring (bicyclic) bond motifs is 1. The summed E-state index contributed by atoms with van der Waals surface area (Å²) in [5.41, 5.74) is 3.79. The van der Waals surface area contributed by atoms with E-state index in [1.54, 1.807) is 0 Å². The van der Waals surface area contributed by atoms with E-state index in [9.17, 15) is 5.11 Å². The maximum Gasteiger partial charge on any atom is 0.227 e. The van der Waals surface area contributed by atoms with Crippen LogP contribution in [0.1, 0.15) is 29.7 Å². The molecule has 2 aromatic rings. The summed E-state index contributed by atoms with van der Waals surface area (Å²) in [5.74, 6) is 3.27. The summed E-state index contributed by atoms with van der Waals surface area (Å²) in [4.78, 5) is 17.5. The standard InChI is InChI=1S/C27H37N5O3/c33-18-23-16-32(11-13-35-23)27-28-25-17-30(14-20-4-2-1-3-5-20)9-8-24(25)26(29-27)31-10-12-34-19-22(15-31)21-6-7-21/h1-5,21-23,33H,6-19H2. The average molecular weight is 480 g/mol. The number of rotatable bonds is 6. The van der Waals surface area contributed by atoms with Crippen molar-refractivity contribution in [3.05, 3.63) is 47.2 Å². The number of benzene rings is 1. The van der Waals surface area contributed by atoms with Gasteiger partial charge in [-0.05, 0) is 30.7 Å². The molecule has 8 nitrogen and oxygen atoms in total. The van der Waals surface area contributed by atoms with Crippen molar-refractivity contribution in [2.75, 3.05) is 69.0 Å². The third-order valence-corrected chi connectivity index (χ3v) is 7.87. The van der Waals surface area contributed by atoms with Gasteiger partial charge in [-0.15, -0.1) is 0 Å². The zero-order valence-corrected chi connectivity index (χ0v) is 20.5. The Morgan fingerprint density at radius 3 is 2.63 bits per heavy atom. The summed E-state index contributed by atoms with van der Waals surface area (Å²) in [6.45, 7) is 8.26. The van der Waals surface area contributed by atoms with E-state index in [0.717, 1.165) is 82.3 Å². The van der Waals surface area contributed by atoms with Gasteiger partial charge in [0.1, 0.15) is 5.82 Å². The van der Waals surface area contributed by atoms with Gasteiger partial charge in [0.2, 0.25) is 5.95 Å². The molecule has 4 heterocycles. The maximum absolute atomic E-state index is 9.68. The van der Waals surface area contributed by atoms with Crippen LogP contribution in [0.3, 0.4) is 0 Å². The van der Waals surface area contributed by atoms with Crippen LogP contribution in [0.15, 0.2) is 30.3 Å². The summed E-state index contributed by atoms with van der Waals surface area (Å²) in [5, 5.41) is 9.68. The van der Waals surface area contributed by atoms with Crippen molar-refractivity contribution >= 4 is 11.8 Å². The molecule has 8 heteroatoms. The van der Waals surface area contributed by atoms with Gasteiger partial charge in [-0.3, -0.25) is 4.90 Å². The topological polar surface area (TPSA) is 74.2 Å². The van der Waals surface area contributed by atoms with Crippen molar-refractivity contribution in [2.24, 2.45) is 11.8 Å². The Morgan fingerprint density at radius 1 is 0.943 bits per heavy atom. The predicted octanol–water partition coefficient (Wildman–Crippen LogP) is 2.10. The summed E-state index contributed by atoms with van der Waals surface area (Å²) < 4.78 is 11.7. The molecule has 1 aromatic carbocycles. The molecule has 3 aliphatic heterocycles. The first-order valence-electron chi connectivity index (χ1n) is 13.2. The minimum Gasteiger partial charge on any atom is -0.394 e. The Balaban J connectivity index is 1.31. The van der Waals surface area contributed by atoms with Crippen LogP contribution in [0.2, 0.25) is 0 Å². The lowest BCUT2D eigenvalue weighted by Crippen LogP contribution is -2.45. The van der Waals surface area contributed by atoms with E-state index in [1.165, 1.54) is 24.0 Å². The van der Waals surface area contributed by atoms with Crippen LogP contribution in [-0.4, -0.2) is 85.2 Å². The van der Waals surface area contributed by atoms with Crippen molar-refractivity contribution in [2.45, 2.75) is 38.5 Å². The van der Waals surface area contributed by atoms with Crippen molar-refractivity contribution < 1.29 is 14.6 Å². The SMILES string of the molecule is OCC1CN(c2nc3c(c(N4CCOCC(C5CC5)C4)n2)CCN(Cc2ccccc2)C3)CCO1. The Labute approximate surface area is 207 Å². The largest absolute Gasteiger partial charge is 0.394 e. The Kier molecular flexibility index (Phi) is 6.87. The number of hydrogen-bond donors (Lipinski definition) is 1. The van der Waals surface area contributed by atoms with Gasteiger partial charge in [0, 0.05) is 57.3 Å². The highest BCUT2D eigenvalue weighted by molar-refractivity contribution is 5.55. The molecular formula is C27H37N5O3. The number of morpholine rings is 1. The van der Waals surface area contributed by atoms with Gasteiger partial charge in [0.05, 0.1) is 38.2 Å². The fourth-order valence-electron chi connectivity index (χ4n) is 5.72. The first-order chi connectivity index (χ1) is 17.3. The van der Waals surface area contributed by atoms with Crippen molar-refractivity contribution in [3.8, 4) is 0 Å². The highest BCUT2D eigenvalue weighted by Gasteiger charge is 2.36. The molecule has 2 saturated heterocycles. The third-order valence-electron chi connectivity index (χ3n) is 7.87. The van der Waals surface area contributed by atoms with Crippen LogP contribution in [-0.2, 0) is 29.0 Å². The summed E-state index contributed by atoms with van der Waals surface area (Å²) >= 11 is 0. The van der Waals surface area contributed by atoms with Gasteiger partial charge in [0.15, 0.2) is 0 Å². The summed E-state index contributed by atoms with van der Waals surface area (Å²) in [6, 6.07) is 10.7. The molecule has 0 bridgehead atoms. The monoisotopic (exact) mass is 479 g/mol. The fourth-order valence-corrected chi connectivity index (χ4v) is 5.72. The highest BCUT2D eigenvalue weighted by atomic mass is 16.5. The molecule has 1 saturated carbocycles. The normalized spacial score (nSPS) is 25.9. The fraction of sp³-hybridized carbons (Fsp3) is 0.630. The second-order valence-electron chi connectivity index (χ2n) is 10.5. The maximum atomic E-state index is 9.68. The van der Waals surface area contributed by atoms with Crippen LogP contribution < -0.4 is 9.80 Å². The lowest BCUT2D eigenvalue weighted by Gasteiger charge is -2.36. The van der Waals surface area contributed by atoms with E-state index in [1.807, 2.05) is 0 Å². The molecule has 2 unspecified atom stereocenters. The molecular weight excluding hydrogens is 442 g/mol. The molecule has 0 spiro atoms. The van der Waals surface area contributed by atoms with E-state index >= 15 is 0 Å². The Hall–Kier alpha value is -2.26. The van der Waals surface area contributed by atoms with Crippen LogP contribution in [0.25, 0.3) is 0 Å². The van der Waals surface area contributed by atoms with E-state index < -0.39 is 0 Å². The van der Waals surface area contributed by atoms with Gasteiger partial charge in [-0.25, -0.2) is 4.98 Å². The van der Waals surface area contributed by atoms with E-state index in [2.05, 4.69) is 45.0 Å². The van der Waals surface area contributed by atoms with Crippen LogP contribution >= 0.6 is 0 Å². The number of aromatic nitrogens is 2. The van der Waals surface area contributed by atoms with Crippen LogP contribution in [0.4, 0.5) is 11.8 Å². The molecule has 1 aliphatic carbocycles. The van der Waals surface area contributed by atoms with Gasteiger partial charge in [0.25, 0.3) is 0 Å². The smallest absolute Gasteiger partial charge is 0.227 e. The predicted molar refractivity (Wildman–Crippen MR) is 135 cm³/mol. The number of nitrogens with zero attached hydrogens (tertiary/aromatic N) is 5. The number of aliphatic hydroxyl groups excluding tert-OH is 1. The van der Waals surface area contributed by atoms with Crippen molar-refractivity contribution in [1.82, 2.24) is 14.9 Å². The first kappa shape index (κ1) is 23.2. The second kappa shape index (κ2) is 10.4. The number of hydrogen-bond acceptors (Lipinski definition) is 8. The lowest BCUT2D eigenvalue weighted by molar-refractivity contribution is 0.00312. The third kappa shape index (κ3) is 5.31. The van der Waals surface area contributed by atoms with Gasteiger partial charge < -0.3 is 24.4 Å². The van der Waals surface area contributed by atoms with E-state index in [4.69, 9.17) is 19.4 Å². The minimum atomic E-state index is -0.188. The number of ether oxygens (including phenoxy) is 2. The Bertz CT molecular complexity index is 1000.